The van der Waals surface area contributed by atoms with Gasteiger partial charge in [-0.05, 0) is 48.9 Å². The second-order valence-electron chi connectivity index (χ2n) is 6.00. The topological polar surface area (TPSA) is 46.2 Å². The normalized spacial score (nSPS) is 10.4. The van der Waals surface area contributed by atoms with Gasteiger partial charge in [0.1, 0.15) is 5.82 Å². The van der Waals surface area contributed by atoms with Crippen LogP contribution in [0.3, 0.4) is 0 Å². The number of halogens is 1. The SMILES string of the molecule is CC(=O)c1cccc(NC(=O)c2ccccc2SCc2ccc(F)cc2)c1. The Morgan fingerprint density at radius 1 is 0.963 bits per heavy atom. The first kappa shape index (κ1) is 18.9. The number of benzene rings is 3. The number of thioether (sulfide) groups is 1. The molecule has 0 aliphatic heterocycles. The standard InChI is InChI=1S/C22H18FNO2S/c1-15(25)17-5-4-6-19(13-17)24-22(26)20-7-2-3-8-21(20)27-14-16-9-11-18(23)12-10-16/h2-13H,14H2,1H3,(H,24,26). The second-order valence-corrected chi connectivity index (χ2v) is 7.02. The van der Waals surface area contributed by atoms with Crippen molar-refractivity contribution in [3.05, 3.63) is 95.3 Å². The summed E-state index contributed by atoms with van der Waals surface area (Å²) in [5.41, 5.74) is 2.65. The quantitative estimate of drug-likeness (QED) is 0.450. The third kappa shape index (κ3) is 5.05. The predicted molar refractivity (Wildman–Crippen MR) is 107 cm³/mol. The molecule has 0 radical (unpaired) electrons. The monoisotopic (exact) mass is 379 g/mol. The van der Waals surface area contributed by atoms with Crippen molar-refractivity contribution in [2.24, 2.45) is 0 Å². The minimum atomic E-state index is -0.267. The van der Waals surface area contributed by atoms with Gasteiger partial charge in [0.15, 0.2) is 5.78 Å². The third-order valence-corrected chi connectivity index (χ3v) is 5.11. The summed E-state index contributed by atoms with van der Waals surface area (Å²) < 4.78 is 13.0. The number of anilines is 1. The molecular formula is C22H18FNO2S. The summed E-state index contributed by atoms with van der Waals surface area (Å²) >= 11 is 1.52. The van der Waals surface area contributed by atoms with E-state index in [9.17, 15) is 14.0 Å². The van der Waals surface area contributed by atoms with Gasteiger partial charge in [0.05, 0.1) is 5.56 Å². The zero-order valence-corrected chi connectivity index (χ0v) is 15.6. The molecule has 0 spiro atoms. The molecule has 1 amide bonds. The average Bonchev–Trinajstić information content (AvgIpc) is 2.68. The number of hydrogen-bond acceptors (Lipinski definition) is 3. The van der Waals surface area contributed by atoms with Crippen LogP contribution in [-0.4, -0.2) is 11.7 Å². The predicted octanol–water partition coefficient (Wildman–Crippen LogP) is 5.57. The summed E-state index contributed by atoms with van der Waals surface area (Å²) in [6.07, 6.45) is 0. The molecule has 3 aromatic carbocycles. The lowest BCUT2D eigenvalue weighted by Gasteiger charge is -2.11. The molecule has 0 saturated carbocycles. The lowest BCUT2D eigenvalue weighted by Crippen LogP contribution is -2.13. The van der Waals surface area contributed by atoms with E-state index in [2.05, 4.69) is 5.32 Å². The van der Waals surface area contributed by atoms with E-state index in [1.165, 1.54) is 30.8 Å². The molecule has 3 aromatic rings. The van der Waals surface area contributed by atoms with Crippen molar-refractivity contribution in [3.8, 4) is 0 Å². The first-order valence-electron chi connectivity index (χ1n) is 8.41. The van der Waals surface area contributed by atoms with Gasteiger partial charge in [0.2, 0.25) is 0 Å². The van der Waals surface area contributed by atoms with Gasteiger partial charge >= 0.3 is 0 Å². The highest BCUT2D eigenvalue weighted by Gasteiger charge is 2.12. The maximum absolute atomic E-state index is 13.0. The molecule has 0 heterocycles. The Morgan fingerprint density at radius 3 is 2.44 bits per heavy atom. The fourth-order valence-corrected chi connectivity index (χ4v) is 3.54. The third-order valence-electron chi connectivity index (χ3n) is 3.97. The number of nitrogens with one attached hydrogen (secondary N) is 1. The molecule has 0 saturated heterocycles. The Balaban J connectivity index is 1.74. The van der Waals surface area contributed by atoms with Crippen molar-refractivity contribution in [1.29, 1.82) is 0 Å². The number of Topliss-reactive ketones (excluding diaryl/α,β-unsaturated/α-hetero) is 1. The average molecular weight is 379 g/mol. The highest BCUT2D eigenvalue weighted by Crippen LogP contribution is 2.27. The number of carbonyl (C=O) groups excluding carboxylic acids is 2. The van der Waals surface area contributed by atoms with Crippen molar-refractivity contribution in [2.45, 2.75) is 17.6 Å². The highest BCUT2D eigenvalue weighted by atomic mass is 32.2. The van der Waals surface area contributed by atoms with Gasteiger partial charge in [-0.3, -0.25) is 9.59 Å². The Kier molecular flexibility index (Phi) is 6.04. The molecule has 1 N–H and O–H groups in total. The van der Waals surface area contributed by atoms with E-state index in [1.807, 2.05) is 18.2 Å². The Morgan fingerprint density at radius 2 is 1.70 bits per heavy atom. The first-order chi connectivity index (χ1) is 13.0. The Labute approximate surface area is 161 Å². The minimum Gasteiger partial charge on any atom is -0.322 e. The van der Waals surface area contributed by atoms with Crippen LogP contribution in [-0.2, 0) is 5.75 Å². The lowest BCUT2D eigenvalue weighted by atomic mass is 10.1. The van der Waals surface area contributed by atoms with Crippen LogP contribution in [0.2, 0.25) is 0 Å². The van der Waals surface area contributed by atoms with Crippen LogP contribution in [0.15, 0.2) is 77.7 Å². The molecule has 0 fully saturated rings. The summed E-state index contributed by atoms with van der Waals surface area (Å²) in [6, 6.07) is 20.5. The van der Waals surface area contributed by atoms with Crippen molar-refractivity contribution in [2.75, 3.05) is 5.32 Å². The molecule has 0 atom stereocenters. The number of rotatable bonds is 6. The molecule has 0 bridgehead atoms. The number of amides is 1. The highest BCUT2D eigenvalue weighted by molar-refractivity contribution is 7.98. The van der Waals surface area contributed by atoms with Crippen LogP contribution >= 0.6 is 11.8 Å². The molecule has 3 nitrogen and oxygen atoms in total. The molecular weight excluding hydrogens is 361 g/mol. The molecule has 136 valence electrons. The van der Waals surface area contributed by atoms with E-state index in [-0.39, 0.29) is 17.5 Å². The number of ketones is 1. The van der Waals surface area contributed by atoms with Gasteiger partial charge in [-0.25, -0.2) is 4.39 Å². The van der Waals surface area contributed by atoms with Crippen molar-refractivity contribution >= 4 is 29.1 Å². The van der Waals surface area contributed by atoms with Crippen LogP contribution < -0.4 is 5.32 Å². The molecule has 0 aromatic heterocycles. The van der Waals surface area contributed by atoms with Crippen LogP contribution in [0.4, 0.5) is 10.1 Å². The smallest absolute Gasteiger partial charge is 0.256 e. The summed E-state index contributed by atoms with van der Waals surface area (Å²) in [4.78, 5) is 25.1. The Bertz CT molecular complexity index is 970. The molecule has 3 rings (SSSR count). The van der Waals surface area contributed by atoms with E-state index in [0.29, 0.717) is 22.6 Å². The van der Waals surface area contributed by atoms with Gasteiger partial charge in [0.25, 0.3) is 5.91 Å². The van der Waals surface area contributed by atoms with E-state index >= 15 is 0 Å². The molecule has 0 aliphatic rings. The largest absolute Gasteiger partial charge is 0.322 e. The zero-order chi connectivity index (χ0) is 19.2. The summed E-state index contributed by atoms with van der Waals surface area (Å²) in [7, 11) is 0. The van der Waals surface area contributed by atoms with E-state index in [0.717, 1.165) is 10.5 Å². The van der Waals surface area contributed by atoms with Crippen LogP contribution in [0.25, 0.3) is 0 Å². The summed E-state index contributed by atoms with van der Waals surface area (Å²) in [5.74, 6) is 0.0697. The van der Waals surface area contributed by atoms with Gasteiger partial charge in [-0.1, -0.05) is 36.4 Å². The van der Waals surface area contributed by atoms with Gasteiger partial charge in [-0.15, -0.1) is 11.8 Å². The summed E-state index contributed by atoms with van der Waals surface area (Å²) in [6.45, 7) is 1.49. The van der Waals surface area contributed by atoms with Crippen molar-refractivity contribution in [3.63, 3.8) is 0 Å². The molecule has 5 heteroatoms. The van der Waals surface area contributed by atoms with Crippen LogP contribution in [0.5, 0.6) is 0 Å². The first-order valence-corrected chi connectivity index (χ1v) is 9.40. The van der Waals surface area contributed by atoms with E-state index in [4.69, 9.17) is 0 Å². The van der Waals surface area contributed by atoms with Crippen LogP contribution in [0.1, 0.15) is 33.2 Å². The lowest BCUT2D eigenvalue weighted by molar-refractivity contribution is 0.101. The minimum absolute atomic E-state index is 0.0543. The Hall–Kier alpha value is -2.92. The van der Waals surface area contributed by atoms with Crippen molar-refractivity contribution in [1.82, 2.24) is 0 Å². The summed E-state index contributed by atoms with van der Waals surface area (Å²) in [5, 5.41) is 2.85. The zero-order valence-electron chi connectivity index (χ0n) is 14.7. The van der Waals surface area contributed by atoms with Crippen molar-refractivity contribution < 1.29 is 14.0 Å². The van der Waals surface area contributed by atoms with E-state index < -0.39 is 0 Å². The van der Waals surface area contributed by atoms with E-state index in [1.54, 1.807) is 42.5 Å². The number of carbonyl (C=O) groups is 2. The van der Waals surface area contributed by atoms with Gasteiger partial charge < -0.3 is 5.32 Å². The molecule has 0 unspecified atom stereocenters. The fourth-order valence-electron chi connectivity index (χ4n) is 2.54. The second kappa shape index (κ2) is 8.64. The fraction of sp³-hybridized carbons (Fsp3) is 0.0909. The molecule has 27 heavy (non-hydrogen) atoms. The maximum Gasteiger partial charge on any atom is 0.256 e. The van der Waals surface area contributed by atoms with Gasteiger partial charge in [-0.2, -0.15) is 0 Å². The molecule has 0 aliphatic carbocycles. The van der Waals surface area contributed by atoms with Crippen LogP contribution in [0, 0.1) is 5.82 Å². The van der Waals surface area contributed by atoms with Gasteiger partial charge in [0, 0.05) is 21.9 Å². The maximum atomic E-state index is 13.0. The number of hydrogen-bond donors (Lipinski definition) is 1.